The van der Waals surface area contributed by atoms with Crippen molar-refractivity contribution in [2.75, 3.05) is 6.26 Å². The topological polar surface area (TPSA) is 68.3 Å². The Hall–Kier alpha value is -1.76. The van der Waals surface area contributed by atoms with Gasteiger partial charge in [-0.1, -0.05) is 29.3 Å². The summed E-state index contributed by atoms with van der Waals surface area (Å²) in [4.78, 5) is 28.8. The highest BCUT2D eigenvalue weighted by Crippen LogP contribution is 2.26. The summed E-state index contributed by atoms with van der Waals surface area (Å²) >= 11 is 13.4. The molecule has 0 fully saturated rings. The Bertz CT molecular complexity index is 817. The summed E-state index contributed by atoms with van der Waals surface area (Å²) in [6, 6.07) is 7.94. The Morgan fingerprint density at radius 1 is 1.23 bits per heavy atom. The molecule has 1 aromatic carbocycles. The summed E-state index contributed by atoms with van der Waals surface area (Å²) in [5, 5.41) is 4.29. The fourth-order valence-corrected chi connectivity index (χ4v) is 3.36. The van der Waals surface area contributed by atoms with Crippen LogP contribution in [0.5, 0.6) is 0 Å². The molecule has 0 radical (unpaired) electrons. The maximum absolute atomic E-state index is 12.3. The van der Waals surface area contributed by atoms with Crippen LogP contribution < -0.4 is 5.32 Å². The number of nitrogens with one attached hydrogen (secondary N) is 1. The number of aromatic nitrogens is 1. The molecule has 8 heteroatoms. The van der Waals surface area contributed by atoms with E-state index in [4.69, 9.17) is 27.9 Å². The number of esters is 1. The van der Waals surface area contributed by atoms with Crippen molar-refractivity contribution in [2.45, 2.75) is 31.0 Å². The van der Waals surface area contributed by atoms with Crippen molar-refractivity contribution in [3.63, 3.8) is 0 Å². The number of carbonyl (C=O) groups is 2. The van der Waals surface area contributed by atoms with Crippen molar-refractivity contribution in [3.8, 4) is 0 Å². The molecule has 2 rings (SSSR count). The Balaban J connectivity index is 2.01. The van der Waals surface area contributed by atoms with Crippen LogP contribution in [0.15, 0.2) is 41.6 Å². The lowest BCUT2D eigenvalue weighted by Crippen LogP contribution is -2.37. The number of thioether (sulfide) groups is 1. The Morgan fingerprint density at radius 2 is 1.96 bits per heavy atom. The van der Waals surface area contributed by atoms with Gasteiger partial charge >= 0.3 is 5.97 Å². The van der Waals surface area contributed by atoms with Crippen molar-refractivity contribution >= 4 is 46.8 Å². The van der Waals surface area contributed by atoms with Crippen LogP contribution in [0.3, 0.4) is 0 Å². The fourth-order valence-electron chi connectivity index (χ4n) is 2.25. The Kier molecular flexibility index (Phi) is 7.32. The highest BCUT2D eigenvalue weighted by atomic mass is 35.5. The first-order valence-corrected chi connectivity index (χ1v) is 9.76. The van der Waals surface area contributed by atoms with E-state index in [9.17, 15) is 9.59 Å². The van der Waals surface area contributed by atoms with Gasteiger partial charge < -0.3 is 10.1 Å². The standard InChI is InChI=1S/C18H18Cl2N2O3S/c1-10(13-7-6-12(19)9-15(13)20)22-16(23)11(2)25-18(24)14-5-4-8-21-17(14)26-3/h4-11H,1-3H3,(H,22,23)/t10-,11+/m0/s1. The van der Waals surface area contributed by atoms with Gasteiger partial charge in [0.2, 0.25) is 0 Å². The average Bonchev–Trinajstić information content (AvgIpc) is 2.61. The van der Waals surface area contributed by atoms with E-state index in [1.165, 1.54) is 18.7 Å². The molecular formula is C18H18Cl2N2O3S. The number of amides is 1. The Labute approximate surface area is 166 Å². The van der Waals surface area contributed by atoms with Crippen LogP contribution in [0.2, 0.25) is 10.0 Å². The number of halogens is 2. The molecule has 138 valence electrons. The lowest BCUT2D eigenvalue weighted by Gasteiger charge is -2.19. The molecule has 0 saturated carbocycles. The SMILES string of the molecule is CSc1ncccc1C(=O)O[C@H](C)C(=O)N[C@@H](C)c1ccc(Cl)cc1Cl. The van der Waals surface area contributed by atoms with Gasteiger partial charge in [0.05, 0.1) is 11.6 Å². The summed E-state index contributed by atoms with van der Waals surface area (Å²) in [7, 11) is 0. The number of ether oxygens (including phenoxy) is 1. The molecule has 0 aliphatic heterocycles. The first-order valence-electron chi connectivity index (χ1n) is 7.78. The lowest BCUT2D eigenvalue weighted by atomic mass is 10.1. The van der Waals surface area contributed by atoms with Crippen molar-refractivity contribution < 1.29 is 14.3 Å². The van der Waals surface area contributed by atoms with Crippen LogP contribution in [0.1, 0.15) is 35.8 Å². The maximum atomic E-state index is 12.3. The maximum Gasteiger partial charge on any atom is 0.341 e. The third-order valence-electron chi connectivity index (χ3n) is 3.63. The van der Waals surface area contributed by atoms with E-state index in [0.29, 0.717) is 20.6 Å². The predicted octanol–water partition coefficient (Wildman–Crippen LogP) is 4.53. The number of hydrogen-bond donors (Lipinski definition) is 1. The van der Waals surface area contributed by atoms with Gasteiger partial charge in [-0.3, -0.25) is 4.79 Å². The van der Waals surface area contributed by atoms with Gasteiger partial charge in [0, 0.05) is 16.2 Å². The van der Waals surface area contributed by atoms with Crippen LogP contribution in [0, 0.1) is 0 Å². The average molecular weight is 413 g/mol. The largest absolute Gasteiger partial charge is 0.449 e. The van der Waals surface area contributed by atoms with E-state index < -0.39 is 18.0 Å². The lowest BCUT2D eigenvalue weighted by molar-refractivity contribution is -0.129. The van der Waals surface area contributed by atoms with Gasteiger partial charge in [-0.25, -0.2) is 9.78 Å². The summed E-state index contributed by atoms with van der Waals surface area (Å²) in [6.45, 7) is 3.30. The number of benzene rings is 1. The molecular weight excluding hydrogens is 395 g/mol. The highest BCUT2D eigenvalue weighted by Gasteiger charge is 2.23. The van der Waals surface area contributed by atoms with E-state index in [0.717, 1.165) is 5.56 Å². The summed E-state index contributed by atoms with van der Waals surface area (Å²) in [5.74, 6) is -1.02. The number of carbonyl (C=O) groups excluding carboxylic acids is 2. The number of nitrogens with zero attached hydrogens (tertiary/aromatic N) is 1. The van der Waals surface area contributed by atoms with E-state index in [2.05, 4.69) is 10.3 Å². The summed E-state index contributed by atoms with van der Waals surface area (Å²) < 4.78 is 5.27. The third-order valence-corrected chi connectivity index (χ3v) is 4.90. The van der Waals surface area contributed by atoms with Crippen molar-refractivity contribution in [2.24, 2.45) is 0 Å². The molecule has 1 amide bonds. The van der Waals surface area contributed by atoms with Crippen LogP contribution >= 0.6 is 35.0 Å². The molecule has 1 aromatic heterocycles. The van der Waals surface area contributed by atoms with Crippen LogP contribution in [0.25, 0.3) is 0 Å². The molecule has 0 spiro atoms. The number of rotatable bonds is 6. The zero-order valence-electron chi connectivity index (χ0n) is 14.5. The monoisotopic (exact) mass is 412 g/mol. The van der Waals surface area contributed by atoms with E-state index in [1.807, 2.05) is 6.26 Å². The third kappa shape index (κ3) is 5.13. The zero-order valence-corrected chi connectivity index (χ0v) is 16.8. The fraction of sp³-hybridized carbons (Fsp3) is 0.278. The van der Waals surface area contributed by atoms with Gasteiger partial charge in [0.1, 0.15) is 5.03 Å². The second kappa shape index (κ2) is 9.26. The molecule has 0 unspecified atom stereocenters. The second-order valence-corrected chi connectivity index (χ2v) is 7.14. The Morgan fingerprint density at radius 3 is 2.62 bits per heavy atom. The van der Waals surface area contributed by atoms with Crippen LogP contribution in [-0.2, 0) is 9.53 Å². The van der Waals surface area contributed by atoms with E-state index >= 15 is 0 Å². The van der Waals surface area contributed by atoms with Gasteiger partial charge in [0.25, 0.3) is 5.91 Å². The van der Waals surface area contributed by atoms with Gasteiger partial charge in [0.15, 0.2) is 6.10 Å². The molecule has 1 heterocycles. The highest BCUT2D eigenvalue weighted by molar-refractivity contribution is 7.98. The van der Waals surface area contributed by atoms with E-state index in [-0.39, 0.29) is 6.04 Å². The first kappa shape index (κ1) is 20.6. The molecule has 0 bridgehead atoms. The number of hydrogen-bond acceptors (Lipinski definition) is 5. The molecule has 0 aliphatic carbocycles. The van der Waals surface area contributed by atoms with Crippen molar-refractivity contribution in [1.82, 2.24) is 10.3 Å². The van der Waals surface area contributed by atoms with Crippen molar-refractivity contribution in [1.29, 1.82) is 0 Å². The second-order valence-electron chi connectivity index (χ2n) is 5.50. The van der Waals surface area contributed by atoms with Gasteiger partial charge in [-0.2, -0.15) is 0 Å². The molecule has 0 aliphatic rings. The minimum Gasteiger partial charge on any atom is -0.449 e. The predicted molar refractivity (Wildman–Crippen MR) is 104 cm³/mol. The van der Waals surface area contributed by atoms with Gasteiger partial charge in [-0.05, 0) is 49.9 Å². The van der Waals surface area contributed by atoms with Crippen molar-refractivity contribution in [3.05, 3.63) is 57.7 Å². The minimum atomic E-state index is -0.967. The number of pyridine rings is 1. The summed E-state index contributed by atoms with van der Waals surface area (Å²) in [5.41, 5.74) is 1.05. The minimum absolute atomic E-state index is 0.327. The quantitative estimate of drug-likeness (QED) is 0.557. The van der Waals surface area contributed by atoms with Gasteiger partial charge in [-0.15, -0.1) is 11.8 Å². The molecule has 2 atom stereocenters. The van der Waals surface area contributed by atoms with E-state index in [1.54, 1.807) is 43.5 Å². The molecule has 5 nitrogen and oxygen atoms in total. The molecule has 0 saturated heterocycles. The smallest absolute Gasteiger partial charge is 0.341 e. The molecule has 1 N–H and O–H groups in total. The molecule has 2 aromatic rings. The normalized spacial score (nSPS) is 13.0. The molecule has 26 heavy (non-hydrogen) atoms. The van der Waals surface area contributed by atoms with Crippen LogP contribution in [0.4, 0.5) is 0 Å². The first-order chi connectivity index (χ1) is 12.3. The summed E-state index contributed by atoms with van der Waals surface area (Å²) in [6.07, 6.45) is 2.44. The van der Waals surface area contributed by atoms with Crippen LogP contribution in [-0.4, -0.2) is 29.2 Å². The zero-order chi connectivity index (χ0) is 19.3.